The molecule has 1 aliphatic heterocycles. The number of hydrogen-bond donors (Lipinski definition) is 0. The molecule has 1 atom stereocenters. The first-order valence-electron chi connectivity index (χ1n) is 9.16. The van der Waals surface area contributed by atoms with Crippen LogP contribution in [-0.2, 0) is 36.0 Å². The van der Waals surface area contributed by atoms with Crippen LogP contribution in [-0.4, -0.2) is 40.1 Å². The summed E-state index contributed by atoms with van der Waals surface area (Å²) in [5.74, 6) is -0.223. The van der Waals surface area contributed by atoms with Gasteiger partial charge in [0, 0.05) is 51.1 Å². The summed E-state index contributed by atoms with van der Waals surface area (Å²) in [5.41, 5.74) is 4.66. The van der Waals surface area contributed by atoms with E-state index >= 15 is 0 Å². The summed E-state index contributed by atoms with van der Waals surface area (Å²) in [5, 5.41) is 4.14. The molecule has 1 unspecified atom stereocenters. The molecular formula is C20H24N4O2. The molecule has 1 aromatic heterocycles. The average molecular weight is 352 g/mol. The Kier molecular flexibility index (Phi) is 4.26. The van der Waals surface area contributed by atoms with Crippen LogP contribution in [0.3, 0.4) is 0 Å². The van der Waals surface area contributed by atoms with Crippen molar-refractivity contribution in [2.75, 3.05) is 18.5 Å². The van der Waals surface area contributed by atoms with Crippen LogP contribution in [0.2, 0.25) is 0 Å². The number of fused-ring (bicyclic) bond motifs is 1. The molecule has 0 radical (unpaired) electrons. The quantitative estimate of drug-likeness (QED) is 0.845. The lowest BCUT2D eigenvalue weighted by atomic mass is 10.1. The minimum absolute atomic E-state index is 0.0193. The fraction of sp³-hybridized carbons (Fsp3) is 0.450. The number of nitrogens with zero attached hydrogens (tertiary/aromatic N) is 4. The van der Waals surface area contributed by atoms with E-state index < -0.39 is 0 Å². The Hall–Kier alpha value is -2.63. The molecule has 136 valence electrons. The summed E-state index contributed by atoms with van der Waals surface area (Å²) >= 11 is 0. The Bertz CT molecular complexity index is 857. The summed E-state index contributed by atoms with van der Waals surface area (Å²) in [6, 6.07) is 6.29. The average Bonchev–Trinajstić information content (AvgIpc) is 3.33. The van der Waals surface area contributed by atoms with Crippen LogP contribution >= 0.6 is 0 Å². The third-order valence-electron chi connectivity index (χ3n) is 5.42. The van der Waals surface area contributed by atoms with Crippen LogP contribution in [0, 0.1) is 5.92 Å². The summed E-state index contributed by atoms with van der Waals surface area (Å²) in [6.45, 7) is 0.976. The van der Waals surface area contributed by atoms with Crippen molar-refractivity contribution in [1.29, 1.82) is 0 Å². The monoisotopic (exact) mass is 352 g/mol. The largest absolute Gasteiger partial charge is 0.341 e. The number of hydrogen-bond acceptors (Lipinski definition) is 3. The first-order chi connectivity index (χ1) is 12.5. The van der Waals surface area contributed by atoms with Crippen molar-refractivity contribution in [3.05, 3.63) is 47.3 Å². The normalized spacial score (nSPS) is 19.1. The molecule has 2 aromatic rings. The van der Waals surface area contributed by atoms with Crippen LogP contribution in [0.5, 0.6) is 0 Å². The highest BCUT2D eigenvalue weighted by Crippen LogP contribution is 2.31. The van der Waals surface area contributed by atoms with Crippen molar-refractivity contribution in [2.45, 2.75) is 32.2 Å². The molecule has 6 heteroatoms. The molecule has 2 aliphatic rings. The van der Waals surface area contributed by atoms with Crippen molar-refractivity contribution < 1.29 is 9.59 Å². The zero-order valence-corrected chi connectivity index (χ0v) is 15.3. The van der Waals surface area contributed by atoms with Gasteiger partial charge in [0.2, 0.25) is 11.8 Å². The fourth-order valence-corrected chi connectivity index (χ4v) is 4.07. The van der Waals surface area contributed by atoms with E-state index in [0.717, 1.165) is 24.1 Å². The van der Waals surface area contributed by atoms with Crippen molar-refractivity contribution in [2.24, 2.45) is 13.0 Å². The number of amides is 2. The van der Waals surface area contributed by atoms with E-state index in [1.807, 2.05) is 19.3 Å². The molecule has 2 heterocycles. The second-order valence-corrected chi connectivity index (χ2v) is 7.43. The van der Waals surface area contributed by atoms with Crippen molar-refractivity contribution in [3.8, 4) is 0 Å². The van der Waals surface area contributed by atoms with Gasteiger partial charge in [-0.15, -0.1) is 0 Å². The Balaban J connectivity index is 1.44. The lowest BCUT2D eigenvalue weighted by molar-refractivity contribution is -0.135. The van der Waals surface area contributed by atoms with Gasteiger partial charge in [-0.05, 0) is 42.5 Å². The maximum absolute atomic E-state index is 12.8. The first-order valence-corrected chi connectivity index (χ1v) is 9.16. The lowest BCUT2D eigenvalue weighted by Gasteiger charge is -2.21. The maximum atomic E-state index is 12.8. The smallest absolute Gasteiger partial charge is 0.228 e. The predicted octanol–water partition coefficient (Wildman–Crippen LogP) is 1.92. The molecule has 4 rings (SSSR count). The first kappa shape index (κ1) is 16.8. The minimum atomic E-state index is -0.280. The molecule has 1 fully saturated rings. The van der Waals surface area contributed by atoms with E-state index in [4.69, 9.17) is 0 Å². The molecule has 0 spiro atoms. The zero-order chi connectivity index (χ0) is 18.3. The third kappa shape index (κ3) is 3.11. The molecule has 0 bridgehead atoms. The van der Waals surface area contributed by atoms with E-state index in [2.05, 4.69) is 17.2 Å². The number of anilines is 1. The Morgan fingerprint density at radius 3 is 2.88 bits per heavy atom. The summed E-state index contributed by atoms with van der Waals surface area (Å²) in [4.78, 5) is 28.8. The second kappa shape index (κ2) is 6.59. The van der Waals surface area contributed by atoms with Crippen LogP contribution in [0.4, 0.5) is 5.69 Å². The van der Waals surface area contributed by atoms with Gasteiger partial charge in [-0.2, -0.15) is 5.10 Å². The number of aromatic nitrogens is 2. The molecule has 0 N–H and O–H groups in total. The number of aryl methyl sites for hydroxylation is 3. The SMILES string of the molecule is CN(Cc1cnn(C)c1)C(=O)C1CC(=O)N(c2ccc3c(c2)CCC3)C1. The molecule has 1 saturated heterocycles. The molecule has 1 aromatic carbocycles. The van der Waals surface area contributed by atoms with Gasteiger partial charge in [0.1, 0.15) is 0 Å². The zero-order valence-electron chi connectivity index (χ0n) is 15.3. The Morgan fingerprint density at radius 2 is 2.12 bits per heavy atom. The van der Waals surface area contributed by atoms with E-state index in [0.29, 0.717) is 13.1 Å². The predicted molar refractivity (Wildman–Crippen MR) is 98.6 cm³/mol. The highest BCUT2D eigenvalue weighted by molar-refractivity contribution is 6.00. The van der Waals surface area contributed by atoms with Gasteiger partial charge in [-0.3, -0.25) is 14.3 Å². The molecule has 6 nitrogen and oxygen atoms in total. The molecular weight excluding hydrogens is 328 g/mol. The number of rotatable bonds is 4. The number of benzene rings is 1. The van der Waals surface area contributed by atoms with Gasteiger partial charge < -0.3 is 9.80 Å². The fourth-order valence-electron chi connectivity index (χ4n) is 4.07. The van der Waals surface area contributed by atoms with Gasteiger partial charge in [-0.25, -0.2) is 0 Å². The van der Waals surface area contributed by atoms with Crippen molar-refractivity contribution in [1.82, 2.24) is 14.7 Å². The second-order valence-electron chi connectivity index (χ2n) is 7.43. The highest BCUT2D eigenvalue weighted by Gasteiger charge is 2.36. The van der Waals surface area contributed by atoms with Gasteiger partial charge in [0.05, 0.1) is 12.1 Å². The highest BCUT2D eigenvalue weighted by atomic mass is 16.2. The van der Waals surface area contributed by atoms with Gasteiger partial charge in [-0.1, -0.05) is 6.07 Å². The van der Waals surface area contributed by atoms with E-state index in [1.165, 1.54) is 17.5 Å². The molecule has 1 aliphatic carbocycles. The topological polar surface area (TPSA) is 58.4 Å². The Morgan fingerprint density at radius 1 is 1.31 bits per heavy atom. The lowest BCUT2D eigenvalue weighted by Crippen LogP contribution is -2.34. The Labute approximate surface area is 153 Å². The van der Waals surface area contributed by atoms with Gasteiger partial charge in [0.25, 0.3) is 0 Å². The molecule has 2 amide bonds. The van der Waals surface area contributed by atoms with Crippen molar-refractivity contribution in [3.63, 3.8) is 0 Å². The van der Waals surface area contributed by atoms with Crippen LogP contribution in [0.25, 0.3) is 0 Å². The minimum Gasteiger partial charge on any atom is -0.341 e. The number of carbonyl (C=O) groups excluding carboxylic acids is 2. The van der Waals surface area contributed by atoms with Gasteiger partial charge in [0.15, 0.2) is 0 Å². The number of carbonyl (C=O) groups is 2. The van der Waals surface area contributed by atoms with Crippen LogP contribution < -0.4 is 4.90 Å². The summed E-state index contributed by atoms with van der Waals surface area (Å²) in [7, 11) is 3.65. The summed E-state index contributed by atoms with van der Waals surface area (Å²) < 4.78 is 1.72. The van der Waals surface area contributed by atoms with Gasteiger partial charge >= 0.3 is 0 Å². The standard InChI is InChI=1S/C20H24N4O2/c1-22(11-14-10-21-23(2)12-14)20(26)17-9-19(25)24(13-17)18-7-6-15-4-3-5-16(15)8-18/h6-8,10,12,17H,3-5,9,11,13H2,1-2H3. The third-order valence-corrected chi connectivity index (χ3v) is 5.42. The van der Waals surface area contributed by atoms with Crippen LogP contribution in [0.1, 0.15) is 29.5 Å². The van der Waals surface area contributed by atoms with Crippen molar-refractivity contribution >= 4 is 17.5 Å². The molecule has 0 saturated carbocycles. The maximum Gasteiger partial charge on any atom is 0.228 e. The van der Waals surface area contributed by atoms with E-state index in [1.54, 1.807) is 27.7 Å². The van der Waals surface area contributed by atoms with E-state index in [-0.39, 0.29) is 24.2 Å². The molecule has 26 heavy (non-hydrogen) atoms. The summed E-state index contributed by atoms with van der Waals surface area (Å²) in [6.07, 6.45) is 7.35. The van der Waals surface area contributed by atoms with E-state index in [9.17, 15) is 9.59 Å². The van der Waals surface area contributed by atoms with Crippen LogP contribution in [0.15, 0.2) is 30.6 Å².